The minimum atomic E-state index is -0.645. The number of aliphatic hydroxyl groups excluding tert-OH is 5. The molecule has 5 N–H and O–H groups in total. The van der Waals surface area contributed by atoms with Gasteiger partial charge in [-0.25, -0.2) is 0 Å². The molecule has 17 heavy (non-hydrogen) atoms. The Morgan fingerprint density at radius 2 is 1.18 bits per heavy atom. The molecule has 0 aromatic carbocycles. The van der Waals surface area contributed by atoms with E-state index in [1.54, 1.807) is 0 Å². The summed E-state index contributed by atoms with van der Waals surface area (Å²) >= 11 is 0. The molecule has 0 aliphatic rings. The van der Waals surface area contributed by atoms with Crippen molar-refractivity contribution in [3.05, 3.63) is 0 Å². The minimum Gasteiger partial charge on any atom is -0.396 e. The molecule has 0 heterocycles. The van der Waals surface area contributed by atoms with Gasteiger partial charge in [0.2, 0.25) is 0 Å². The smallest absolute Gasteiger partial charge is 0.0770 e. The predicted octanol–water partition coefficient (Wildman–Crippen LogP) is -0.358. The Labute approximate surface area is 103 Å². The summed E-state index contributed by atoms with van der Waals surface area (Å²) < 4.78 is 0. The Bertz CT molecular complexity index is 161. The molecule has 0 spiro atoms. The predicted molar refractivity (Wildman–Crippen MR) is 64.5 cm³/mol. The SMILES string of the molecule is OCC(O)CCCCCCC(O)C(CO)CO. The van der Waals surface area contributed by atoms with Crippen LogP contribution in [0.1, 0.15) is 38.5 Å². The number of rotatable bonds is 11. The largest absolute Gasteiger partial charge is 0.396 e. The van der Waals surface area contributed by atoms with Gasteiger partial charge >= 0.3 is 0 Å². The number of hydrogen-bond acceptors (Lipinski definition) is 5. The van der Waals surface area contributed by atoms with E-state index in [-0.39, 0.29) is 19.8 Å². The fraction of sp³-hybridized carbons (Fsp3) is 1.00. The molecule has 0 aromatic heterocycles. The molecule has 0 fully saturated rings. The second kappa shape index (κ2) is 10.9. The molecule has 0 saturated heterocycles. The molecular formula is C12H26O5. The third-order valence-corrected chi connectivity index (χ3v) is 3.01. The van der Waals surface area contributed by atoms with Crippen LogP contribution in [0.25, 0.3) is 0 Å². The van der Waals surface area contributed by atoms with Crippen molar-refractivity contribution in [3.8, 4) is 0 Å². The van der Waals surface area contributed by atoms with Gasteiger partial charge in [-0.1, -0.05) is 25.7 Å². The lowest BCUT2D eigenvalue weighted by Gasteiger charge is -2.18. The lowest BCUT2D eigenvalue weighted by atomic mass is 9.98. The first kappa shape index (κ1) is 16.8. The third kappa shape index (κ3) is 8.51. The number of aliphatic hydroxyl groups is 5. The van der Waals surface area contributed by atoms with Crippen molar-refractivity contribution < 1.29 is 25.5 Å². The van der Waals surface area contributed by atoms with E-state index in [1.807, 2.05) is 0 Å². The summed E-state index contributed by atoms with van der Waals surface area (Å²) in [5.41, 5.74) is 0. The van der Waals surface area contributed by atoms with Crippen LogP contribution >= 0.6 is 0 Å². The molecule has 5 heteroatoms. The summed E-state index contributed by atoms with van der Waals surface area (Å²) in [6.07, 6.45) is 3.52. The summed E-state index contributed by atoms with van der Waals surface area (Å²) in [5, 5.41) is 45.0. The Balaban J connectivity index is 3.38. The number of unbranched alkanes of at least 4 members (excludes halogenated alkanes) is 3. The second-order valence-electron chi connectivity index (χ2n) is 4.52. The molecule has 2 unspecified atom stereocenters. The fourth-order valence-corrected chi connectivity index (χ4v) is 1.72. The van der Waals surface area contributed by atoms with E-state index in [0.717, 1.165) is 25.7 Å². The Morgan fingerprint density at radius 1 is 0.647 bits per heavy atom. The molecule has 0 aliphatic carbocycles. The van der Waals surface area contributed by atoms with Crippen LogP contribution in [0.15, 0.2) is 0 Å². The third-order valence-electron chi connectivity index (χ3n) is 3.01. The first-order valence-electron chi connectivity index (χ1n) is 6.34. The zero-order valence-electron chi connectivity index (χ0n) is 10.3. The Hall–Kier alpha value is -0.200. The van der Waals surface area contributed by atoms with Crippen molar-refractivity contribution in [2.24, 2.45) is 5.92 Å². The monoisotopic (exact) mass is 250 g/mol. The average Bonchev–Trinajstić information content (AvgIpc) is 2.34. The summed E-state index contributed by atoms with van der Waals surface area (Å²) in [6, 6.07) is 0. The normalized spacial score (nSPS) is 15.2. The van der Waals surface area contributed by atoms with Crippen molar-refractivity contribution in [2.75, 3.05) is 19.8 Å². The van der Waals surface area contributed by atoms with Gasteiger partial charge < -0.3 is 25.5 Å². The first-order valence-corrected chi connectivity index (χ1v) is 6.34. The molecule has 5 nitrogen and oxygen atoms in total. The highest BCUT2D eigenvalue weighted by molar-refractivity contribution is 4.67. The van der Waals surface area contributed by atoms with Gasteiger partial charge in [-0.05, 0) is 12.8 Å². The van der Waals surface area contributed by atoms with Gasteiger partial charge in [0.05, 0.1) is 32.0 Å². The summed E-state index contributed by atoms with van der Waals surface area (Å²) in [6.45, 7) is -0.575. The molecule has 104 valence electrons. The van der Waals surface area contributed by atoms with E-state index in [0.29, 0.717) is 12.8 Å². The fourth-order valence-electron chi connectivity index (χ4n) is 1.72. The standard InChI is InChI=1S/C12H26O5/c13-7-10(8-14)12(17)6-4-2-1-3-5-11(16)9-15/h10-17H,1-9H2. The van der Waals surface area contributed by atoms with Crippen molar-refractivity contribution in [2.45, 2.75) is 50.7 Å². The molecule has 0 aliphatic heterocycles. The van der Waals surface area contributed by atoms with Crippen LogP contribution in [-0.2, 0) is 0 Å². The maximum atomic E-state index is 9.60. The highest BCUT2D eigenvalue weighted by Crippen LogP contribution is 2.13. The molecule has 0 radical (unpaired) electrons. The summed E-state index contributed by atoms with van der Waals surface area (Å²) in [7, 11) is 0. The van der Waals surface area contributed by atoms with E-state index in [4.69, 9.17) is 20.4 Å². The molecule has 0 saturated carbocycles. The zero-order valence-corrected chi connectivity index (χ0v) is 10.3. The Morgan fingerprint density at radius 3 is 1.65 bits per heavy atom. The molecule has 2 atom stereocenters. The summed E-state index contributed by atoms with van der Waals surface area (Å²) in [5.74, 6) is -0.439. The Kier molecular flexibility index (Phi) is 10.8. The maximum absolute atomic E-state index is 9.60. The van der Waals surface area contributed by atoms with Crippen molar-refractivity contribution in [1.82, 2.24) is 0 Å². The van der Waals surface area contributed by atoms with Crippen LogP contribution in [0, 0.1) is 5.92 Å². The highest BCUT2D eigenvalue weighted by atomic mass is 16.3. The van der Waals surface area contributed by atoms with Gasteiger partial charge in [-0.3, -0.25) is 0 Å². The first-order chi connectivity index (χ1) is 8.15. The van der Waals surface area contributed by atoms with Crippen LogP contribution in [0.5, 0.6) is 0 Å². The second-order valence-corrected chi connectivity index (χ2v) is 4.52. The molecular weight excluding hydrogens is 224 g/mol. The minimum absolute atomic E-state index is 0.187. The van der Waals surface area contributed by atoms with E-state index in [2.05, 4.69) is 0 Å². The molecule has 0 aromatic rings. The molecule has 0 rings (SSSR count). The van der Waals surface area contributed by atoms with Gasteiger partial charge in [0, 0.05) is 5.92 Å². The lowest BCUT2D eigenvalue weighted by molar-refractivity contribution is 0.0257. The van der Waals surface area contributed by atoms with Gasteiger partial charge in [-0.2, -0.15) is 0 Å². The van der Waals surface area contributed by atoms with Crippen molar-refractivity contribution in [1.29, 1.82) is 0 Å². The van der Waals surface area contributed by atoms with E-state index in [9.17, 15) is 5.11 Å². The van der Waals surface area contributed by atoms with Crippen LogP contribution in [-0.4, -0.2) is 57.6 Å². The van der Waals surface area contributed by atoms with Gasteiger partial charge in [0.25, 0.3) is 0 Å². The van der Waals surface area contributed by atoms with E-state index in [1.165, 1.54) is 0 Å². The lowest BCUT2D eigenvalue weighted by Crippen LogP contribution is -2.26. The number of hydrogen-bond donors (Lipinski definition) is 5. The van der Waals surface area contributed by atoms with E-state index < -0.39 is 18.1 Å². The van der Waals surface area contributed by atoms with Crippen LogP contribution in [0.2, 0.25) is 0 Å². The van der Waals surface area contributed by atoms with Crippen molar-refractivity contribution in [3.63, 3.8) is 0 Å². The quantitative estimate of drug-likeness (QED) is 0.322. The summed E-state index contributed by atoms with van der Waals surface area (Å²) in [4.78, 5) is 0. The maximum Gasteiger partial charge on any atom is 0.0770 e. The van der Waals surface area contributed by atoms with Gasteiger partial charge in [0.15, 0.2) is 0 Å². The van der Waals surface area contributed by atoms with Crippen molar-refractivity contribution >= 4 is 0 Å². The topological polar surface area (TPSA) is 101 Å². The average molecular weight is 250 g/mol. The van der Waals surface area contributed by atoms with E-state index >= 15 is 0 Å². The van der Waals surface area contributed by atoms with Crippen LogP contribution in [0.3, 0.4) is 0 Å². The molecule has 0 bridgehead atoms. The molecule has 0 amide bonds. The zero-order chi connectivity index (χ0) is 13.1. The van der Waals surface area contributed by atoms with Crippen LogP contribution < -0.4 is 0 Å². The van der Waals surface area contributed by atoms with Gasteiger partial charge in [0.1, 0.15) is 0 Å². The van der Waals surface area contributed by atoms with Crippen LogP contribution in [0.4, 0.5) is 0 Å². The highest BCUT2D eigenvalue weighted by Gasteiger charge is 2.16. The van der Waals surface area contributed by atoms with Gasteiger partial charge in [-0.15, -0.1) is 0 Å².